The number of hydrogen-bond acceptors (Lipinski definition) is 6. The molecule has 9 heteroatoms. The van der Waals surface area contributed by atoms with Crippen molar-refractivity contribution in [1.82, 2.24) is 4.98 Å². The van der Waals surface area contributed by atoms with E-state index in [1.54, 1.807) is 24.4 Å². The van der Waals surface area contributed by atoms with Crippen LogP contribution in [-0.2, 0) is 22.4 Å². The second kappa shape index (κ2) is 8.98. The molecule has 36 heavy (non-hydrogen) atoms. The number of hydrogen-bond donors (Lipinski definition) is 1. The van der Waals surface area contributed by atoms with Gasteiger partial charge in [-0.2, -0.15) is 0 Å². The molecule has 3 aromatic rings. The van der Waals surface area contributed by atoms with Crippen molar-refractivity contribution in [2.75, 3.05) is 12.4 Å². The van der Waals surface area contributed by atoms with Crippen LogP contribution in [0.3, 0.4) is 0 Å². The van der Waals surface area contributed by atoms with Gasteiger partial charge in [-0.25, -0.2) is 4.98 Å². The number of nitrogens with zero attached hydrogens (tertiary/aromatic N) is 1. The van der Waals surface area contributed by atoms with Gasteiger partial charge in [-0.15, -0.1) is 0 Å². The number of anilines is 1. The van der Waals surface area contributed by atoms with Crippen molar-refractivity contribution in [3.63, 3.8) is 0 Å². The molecular formula is C27H22Cl2N2O5. The predicted molar refractivity (Wildman–Crippen MR) is 135 cm³/mol. The third kappa shape index (κ3) is 4.16. The van der Waals surface area contributed by atoms with E-state index in [2.05, 4.69) is 10.3 Å². The van der Waals surface area contributed by atoms with Gasteiger partial charge in [0.1, 0.15) is 40.7 Å². The van der Waals surface area contributed by atoms with Crippen LogP contribution in [0.5, 0.6) is 23.0 Å². The van der Waals surface area contributed by atoms with Gasteiger partial charge in [0, 0.05) is 53.4 Å². The first-order chi connectivity index (χ1) is 17.4. The number of rotatable bonds is 7. The topological polar surface area (TPSA) is 86.8 Å². The van der Waals surface area contributed by atoms with Crippen LogP contribution in [0.15, 0.2) is 42.6 Å². The number of ether oxygens (including phenoxy) is 3. The normalized spacial score (nSPS) is 21.0. The summed E-state index contributed by atoms with van der Waals surface area (Å²) in [5.41, 5.74) is 2.64. The van der Waals surface area contributed by atoms with E-state index in [4.69, 9.17) is 37.4 Å². The SMILES string of the molecule is COc1cc(CC(=O)C[C@@H]2[C@H]3Oc4ccc(Oc5ccnc6c5CCC(=O)N6)cc4[C@@H]23)c(Cl)cc1Cl. The van der Waals surface area contributed by atoms with E-state index in [1.165, 1.54) is 7.11 Å². The van der Waals surface area contributed by atoms with Gasteiger partial charge in [-0.1, -0.05) is 23.2 Å². The molecular weight excluding hydrogens is 503 g/mol. The van der Waals surface area contributed by atoms with Gasteiger partial charge in [0.15, 0.2) is 0 Å². The van der Waals surface area contributed by atoms with E-state index >= 15 is 0 Å². The molecule has 1 aliphatic carbocycles. The Morgan fingerprint density at radius 1 is 1.14 bits per heavy atom. The number of fused-ring (bicyclic) bond motifs is 4. The van der Waals surface area contributed by atoms with E-state index in [9.17, 15) is 9.59 Å². The molecule has 3 atom stereocenters. The number of carbonyl (C=O) groups is 2. The second-order valence-corrected chi connectivity index (χ2v) is 10.1. The van der Waals surface area contributed by atoms with Gasteiger partial charge in [-0.3, -0.25) is 9.59 Å². The smallest absolute Gasteiger partial charge is 0.225 e. The first kappa shape index (κ1) is 23.1. The van der Waals surface area contributed by atoms with Gasteiger partial charge in [0.05, 0.1) is 12.1 Å². The number of nitrogens with one attached hydrogen (secondary N) is 1. The third-order valence-corrected chi connectivity index (χ3v) is 7.62. The summed E-state index contributed by atoms with van der Waals surface area (Å²) >= 11 is 12.4. The zero-order chi connectivity index (χ0) is 25.0. The van der Waals surface area contributed by atoms with Crippen LogP contribution in [0.4, 0.5) is 5.82 Å². The maximum absolute atomic E-state index is 12.9. The Balaban J connectivity index is 1.14. The third-order valence-electron chi connectivity index (χ3n) is 6.97. The molecule has 0 spiro atoms. The second-order valence-electron chi connectivity index (χ2n) is 9.26. The quantitative estimate of drug-likeness (QED) is 0.423. The maximum Gasteiger partial charge on any atom is 0.225 e. The molecule has 1 saturated carbocycles. The minimum absolute atomic E-state index is 0.00155. The van der Waals surface area contributed by atoms with Crippen LogP contribution < -0.4 is 19.5 Å². The fraction of sp³-hybridized carbons (Fsp3) is 0.296. The van der Waals surface area contributed by atoms with Crippen molar-refractivity contribution in [2.24, 2.45) is 5.92 Å². The lowest BCUT2D eigenvalue weighted by molar-refractivity contribution is -0.119. The molecule has 1 N–H and O–H groups in total. The highest BCUT2D eigenvalue weighted by Gasteiger charge is 2.59. The minimum Gasteiger partial charge on any atom is -0.495 e. The maximum atomic E-state index is 12.9. The fourth-order valence-corrected chi connectivity index (χ4v) is 5.68. The predicted octanol–water partition coefficient (Wildman–Crippen LogP) is 5.75. The molecule has 3 aliphatic rings. The number of aromatic nitrogens is 1. The monoisotopic (exact) mass is 524 g/mol. The van der Waals surface area contributed by atoms with Crippen molar-refractivity contribution in [3.05, 3.63) is 69.3 Å². The number of ketones is 1. The largest absolute Gasteiger partial charge is 0.495 e. The Kier molecular flexibility index (Phi) is 5.77. The van der Waals surface area contributed by atoms with Gasteiger partial charge in [-0.05, 0) is 48.4 Å². The van der Waals surface area contributed by atoms with Crippen molar-refractivity contribution < 1.29 is 23.8 Å². The van der Waals surface area contributed by atoms with Gasteiger partial charge >= 0.3 is 0 Å². The Hall–Kier alpha value is -3.29. The lowest BCUT2D eigenvalue weighted by atomic mass is 10.0. The van der Waals surface area contributed by atoms with Crippen LogP contribution >= 0.6 is 23.2 Å². The Labute approximate surface area is 217 Å². The molecule has 7 nitrogen and oxygen atoms in total. The standard InChI is InChI=1S/C27H22Cl2N2O5/c1-34-23-9-13(19(28)12-20(23)29)8-14(32)10-18-25-17-11-15(2-4-21(17)36-26(18)25)35-22-6-7-30-27-16(22)3-5-24(33)31-27/h2,4,6-7,9,11-12,18,25-26H,3,5,8,10H2,1H3,(H,30,31,33)/t18-,25-,26+/m0/s1. The average molecular weight is 525 g/mol. The van der Waals surface area contributed by atoms with Crippen molar-refractivity contribution >= 4 is 40.7 Å². The lowest BCUT2D eigenvalue weighted by Gasteiger charge is -2.19. The molecule has 0 saturated heterocycles. The summed E-state index contributed by atoms with van der Waals surface area (Å²) in [6.07, 6.45) is 3.22. The summed E-state index contributed by atoms with van der Waals surface area (Å²) in [5.74, 6) is 3.56. The average Bonchev–Trinajstić information content (AvgIpc) is 3.36. The van der Waals surface area contributed by atoms with Crippen LogP contribution in [-0.4, -0.2) is 29.9 Å². The molecule has 1 fully saturated rings. The molecule has 0 unspecified atom stereocenters. The Morgan fingerprint density at radius 3 is 2.83 bits per heavy atom. The minimum atomic E-state index is -0.0420. The summed E-state index contributed by atoms with van der Waals surface area (Å²) in [7, 11) is 1.53. The fourth-order valence-electron chi connectivity index (χ4n) is 5.15. The molecule has 184 valence electrons. The van der Waals surface area contributed by atoms with E-state index in [0.717, 1.165) is 16.9 Å². The number of pyridine rings is 1. The van der Waals surface area contributed by atoms with Crippen LogP contribution in [0.1, 0.15) is 35.4 Å². The number of halogens is 2. The van der Waals surface area contributed by atoms with Crippen molar-refractivity contribution in [3.8, 4) is 23.0 Å². The van der Waals surface area contributed by atoms with Crippen LogP contribution in [0, 0.1) is 5.92 Å². The molecule has 0 radical (unpaired) electrons. The van der Waals surface area contributed by atoms with Gasteiger partial charge < -0.3 is 19.5 Å². The summed E-state index contributed by atoms with van der Waals surface area (Å²) in [5, 5.41) is 3.65. The van der Waals surface area contributed by atoms with Gasteiger partial charge in [0.2, 0.25) is 5.91 Å². The molecule has 0 bridgehead atoms. The molecule has 3 heterocycles. The summed E-state index contributed by atoms with van der Waals surface area (Å²) in [4.78, 5) is 28.8. The van der Waals surface area contributed by atoms with E-state index in [1.807, 2.05) is 18.2 Å². The number of benzene rings is 2. The first-order valence-electron chi connectivity index (χ1n) is 11.7. The number of Topliss-reactive ketones (excluding diaryl/α,β-unsaturated/α-hetero) is 1. The zero-order valence-corrected chi connectivity index (χ0v) is 20.9. The highest BCUT2D eigenvalue weighted by Crippen LogP contribution is 2.60. The molecule has 1 amide bonds. The van der Waals surface area contributed by atoms with Crippen LogP contribution in [0.25, 0.3) is 0 Å². The molecule has 2 aromatic carbocycles. The van der Waals surface area contributed by atoms with E-state index in [0.29, 0.717) is 57.9 Å². The number of amides is 1. The highest BCUT2D eigenvalue weighted by molar-refractivity contribution is 6.36. The molecule has 6 rings (SSSR count). The molecule has 1 aromatic heterocycles. The van der Waals surface area contributed by atoms with Crippen molar-refractivity contribution in [2.45, 2.75) is 37.7 Å². The van der Waals surface area contributed by atoms with E-state index in [-0.39, 0.29) is 36.1 Å². The first-order valence-corrected chi connectivity index (χ1v) is 12.5. The number of methoxy groups -OCH3 is 1. The zero-order valence-electron chi connectivity index (χ0n) is 19.3. The summed E-state index contributed by atoms with van der Waals surface area (Å²) in [6.45, 7) is 0. The Morgan fingerprint density at radius 2 is 2.00 bits per heavy atom. The van der Waals surface area contributed by atoms with Crippen molar-refractivity contribution in [1.29, 1.82) is 0 Å². The Bertz CT molecular complexity index is 1410. The van der Waals surface area contributed by atoms with Gasteiger partial charge in [0.25, 0.3) is 0 Å². The van der Waals surface area contributed by atoms with E-state index < -0.39 is 0 Å². The number of carbonyl (C=O) groups excluding carboxylic acids is 2. The summed E-state index contributed by atoms with van der Waals surface area (Å²) < 4.78 is 17.5. The highest BCUT2D eigenvalue weighted by atomic mass is 35.5. The summed E-state index contributed by atoms with van der Waals surface area (Å²) in [6, 6.07) is 10.9. The van der Waals surface area contributed by atoms with Crippen LogP contribution in [0.2, 0.25) is 10.0 Å². The molecule has 2 aliphatic heterocycles. The lowest BCUT2D eigenvalue weighted by Crippen LogP contribution is -2.20.